The van der Waals surface area contributed by atoms with E-state index in [1.54, 1.807) is 0 Å². The van der Waals surface area contributed by atoms with Gasteiger partial charge in [0, 0.05) is 12.8 Å². The smallest absolute Gasteiger partial charge is 0.305 e. The molecule has 0 rings (SSSR count). The third-order valence-electron chi connectivity index (χ3n) is 14.5. The summed E-state index contributed by atoms with van der Waals surface area (Å²) >= 11 is 0. The third-order valence-corrected chi connectivity index (χ3v) is 14.5. The monoisotopic (exact) mass is 972 g/mol. The number of hydrogen-bond acceptors (Lipinski definition) is 5. The van der Waals surface area contributed by atoms with Crippen molar-refractivity contribution in [3.63, 3.8) is 0 Å². The number of esters is 1. The molecule has 2 atom stereocenters. The lowest BCUT2D eigenvalue weighted by atomic mass is 10.0. The first-order chi connectivity index (χ1) is 34.0. The van der Waals surface area contributed by atoms with Gasteiger partial charge in [0.1, 0.15) is 0 Å². The minimum Gasteiger partial charge on any atom is -0.466 e. The van der Waals surface area contributed by atoms with E-state index in [-0.39, 0.29) is 18.5 Å². The molecule has 0 aromatic rings. The molecule has 1 amide bonds. The number of amides is 1. The molecule has 0 radical (unpaired) electrons. The highest BCUT2D eigenvalue weighted by molar-refractivity contribution is 5.76. The largest absolute Gasteiger partial charge is 0.466 e. The van der Waals surface area contributed by atoms with Crippen molar-refractivity contribution in [1.29, 1.82) is 0 Å². The molecular formula is C63H121NO5. The predicted octanol–water partition coefficient (Wildman–Crippen LogP) is 19.4. The Hall–Kier alpha value is -1.66. The van der Waals surface area contributed by atoms with Crippen LogP contribution < -0.4 is 5.32 Å². The van der Waals surface area contributed by atoms with Crippen LogP contribution in [0.15, 0.2) is 24.3 Å². The lowest BCUT2D eigenvalue weighted by Crippen LogP contribution is -2.45. The maximum Gasteiger partial charge on any atom is 0.305 e. The van der Waals surface area contributed by atoms with Crippen molar-refractivity contribution in [2.45, 2.75) is 353 Å². The highest BCUT2D eigenvalue weighted by Crippen LogP contribution is 2.18. The van der Waals surface area contributed by atoms with Gasteiger partial charge in [-0.2, -0.15) is 0 Å². The van der Waals surface area contributed by atoms with Gasteiger partial charge < -0.3 is 20.3 Å². The average molecular weight is 973 g/mol. The second-order valence-corrected chi connectivity index (χ2v) is 21.4. The highest BCUT2D eigenvalue weighted by Gasteiger charge is 2.20. The number of allylic oxidation sites excluding steroid dienone is 4. The molecule has 0 saturated carbocycles. The molecule has 0 heterocycles. The molecular weight excluding hydrogens is 851 g/mol. The van der Waals surface area contributed by atoms with Crippen LogP contribution in [0.3, 0.4) is 0 Å². The Balaban J connectivity index is 3.31. The molecule has 408 valence electrons. The summed E-state index contributed by atoms with van der Waals surface area (Å²) in [7, 11) is 0. The van der Waals surface area contributed by atoms with Crippen LogP contribution in [0.2, 0.25) is 0 Å². The topological polar surface area (TPSA) is 95.9 Å². The Morgan fingerprint density at radius 1 is 0.406 bits per heavy atom. The van der Waals surface area contributed by atoms with Gasteiger partial charge in [-0.15, -0.1) is 0 Å². The summed E-state index contributed by atoms with van der Waals surface area (Å²) in [4.78, 5) is 24.5. The number of carbonyl (C=O) groups excluding carboxylic acids is 2. The summed E-state index contributed by atoms with van der Waals surface area (Å²) in [6.45, 7) is 4.89. The van der Waals surface area contributed by atoms with Gasteiger partial charge in [0.25, 0.3) is 0 Å². The molecule has 0 saturated heterocycles. The van der Waals surface area contributed by atoms with Crippen molar-refractivity contribution in [3.05, 3.63) is 24.3 Å². The Morgan fingerprint density at radius 3 is 1.16 bits per heavy atom. The lowest BCUT2D eigenvalue weighted by molar-refractivity contribution is -0.143. The first-order valence-electron chi connectivity index (χ1n) is 31.1. The second-order valence-electron chi connectivity index (χ2n) is 21.4. The number of aliphatic hydroxyl groups is 2. The molecule has 69 heavy (non-hydrogen) atoms. The van der Waals surface area contributed by atoms with Crippen LogP contribution >= 0.6 is 0 Å². The Kier molecular flexibility index (Phi) is 57.5. The SMILES string of the molecule is CCC/C=C\C/C=C\CCCCCCCC(=O)OCCCCCCCCCCCCCCCCCCCCCCCCCCCCCCCC(=O)NC(CO)C(O)CCCCCCCCCCCC. The number of nitrogens with one attached hydrogen (secondary N) is 1. The number of ether oxygens (including phenoxy) is 1. The van der Waals surface area contributed by atoms with Gasteiger partial charge in [-0.25, -0.2) is 0 Å². The number of carbonyl (C=O) groups is 2. The lowest BCUT2D eigenvalue weighted by Gasteiger charge is -2.22. The van der Waals surface area contributed by atoms with Crippen LogP contribution in [0.4, 0.5) is 0 Å². The van der Waals surface area contributed by atoms with E-state index in [2.05, 4.69) is 43.5 Å². The fourth-order valence-corrected chi connectivity index (χ4v) is 9.74. The fraction of sp³-hybridized carbons (Fsp3) is 0.905. The van der Waals surface area contributed by atoms with Gasteiger partial charge in [0.15, 0.2) is 0 Å². The fourth-order valence-electron chi connectivity index (χ4n) is 9.74. The van der Waals surface area contributed by atoms with Crippen molar-refractivity contribution < 1.29 is 24.5 Å². The molecule has 0 aromatic carbocycles. The molecule has 3 N–H and O–H groups in total. The first-order valence-corrected chi connectivity index (χ1v) is 31.1. The van der Waals surface area contributed by atoms with Crippen LogP contribution in [0.25, 0.3) is 0 Å². The summed E-state index contributed by atoms with van der Waals surface area (Å²) in [5, 5.41) is 23.2. The first kappa shape index (κ1) is 67.3. The van der Waals surface area contributed by atoms with Crippen LogP contribution in [0, 0.1) is 0 Å². The van der Waals surface area contributed by atoms with Crippen LogP contribution in [0.5, 0.6) is 0 Å². The third kappa shape index (κ3) is 55.5. The maximum absolute atomic E-state index is 12.4. The molecule has 0 fully saturated rings. The van der Waals surface area contributed by atoms with E-state index < -0.39 is 12.1 Å². The number of hydrogen-bond donors (Lipinski definition) is 3. The zero-order chi connectivity index (χ0) is 50.0. The standard InChI is InChI=1S/C63H121NO5/c1-3-5-7-9-11-13-15-33-37-41-45-49-53-57-63(68)69-58-54-50-46-42-38-35-32-30-28-26-24-22-20-18-16-17-19-21-23-25-27-29-31-34-36-40-44-48-52-56-62(67)64-60(59-65)61(66)55-51-47-43-39-14-12-10-8-6-4-2/h7,9,13,15,60-61,65-66H,3-6,8,10-12,14,16-59H2,1-2H3,(H,64,67)/b9-7-,15-13-. The van der Waals surface area contributed by atoms with Crippen molar-refractivity contribution in [2.24, 2.45) is 0 Å². The minimum atomic E-state index is -0.659. The molecule has 6 heteroatoms. The normalized spacial score (nSPS) is 12.7. The van der Waals surface area contributed by atoms with Crippen molar-refractivity contribution in [1.82, 2.24) is 5.32 Å². The maximum atomic E-state index is 12.4. The molecule has 2 unspecified atom stereocenters. The quantitative estimate of drug-likeness (QED) is 0.0321. The summed E-state index contributed by atoms with van der Waals surface area (Å²) < 4.78 is 5.47. The summed E-state index contributed by atoms with van der Waals surface area (Å²) in [5.41, 5.74) is 0. The van der Waals surface area contributed by atoms with E-state index in [0.29, 0.717) is 25.9 Å². The van der Waals surface area contributed by atoms with Crippen LogP contribution in [0.1, 0.15) is 341 Å². The van der Waals surface area contributed by atoms with Crippen LogP contribution in [-0.2, 0) is 14.3 Å². The van der Waals surface area contributed by atoms with Gasteiger partial charge in [-0.05, 0) is 51.4 Å². The molecule has 0 bridgehead atoms. The number of aliphatic hydroxyl groups excluding tert-OH is 2. The average Bonchev–Trinajstić information content (AvgIpc) is 3.35. The predicted molar refractivity (Wildman–Crippen MR) is 301 cm³/mol. The van der Waals surface area contributed by atoms with Gasteiger partial charge in [-0.3, -0.25) is 9.59 Å². The van der Waals surface area contributed by atoms with Gasteiger partial charge >= 0.3 is 5.97 Å². The Labute approximate surface area is 431 Å². The molecule has 0 aliphatic carbocycles. The van der Waals surface area contributed by atoms with E-state index in [9.17, 15) is 19.8 Å². The molecule has 0 aromatic heterocycles. The summed E-state index contributed by atoms with van der Waals surface area (Å²) in [5.74, 6) is -0.0279. The Bertz CT molecular complexity index is 1080. The summed E-state index contributed by atoms with van der Waals surface area (Å²) in [6, 6.07) is -0.536. The minimum absolute atomic E-state index is 0.00414. The van der Waals surface area contributed by atoms with Gasteiger partial charge in [0.05, 0.1) is 25.4 Å². The number of rotatable bonds is 58. The molecule has 0 aliphatic rings. The van der Waals surface area contributed by atoms with Gasteiger partial charge in [-0.1, -0.05) is 301 Å². The van der Waals surface area contributed by atoms with Crippen molar-refractivity contribution >= 4 is 11.9 Å². The van der Waals surface area contributed by atoms with E-state index in [0.717, 1.165) is 51.4 Å². The van der Waals surface area contributed by atoms with E-state index in [4.69, 9.17) is 4.74 Å². The van der Waals surface area contributed by atoms with E-state index >= 15 is 0 Å². The van der Waals surface area contributed by atoms with Crippen LogP contribution in [-0.4, -0.2) is 47.4 Å². The van der Waals surface area contributed by atoms with E-state index in [1.807, 2.05) is 0 Å². The van der Waals surface area contributed by atoms with Gasteiger partial charge in [0.2, 0.25) is 5.91 Å². The molecule has 0 aliphatic heterocycles. The number of unbranched alkanes of at least 4 members (excludes halogenated alkanes) is 43. The van der Waals surface area contributed by atoms with Crippen molar-refractivity contribution in [2.75, 3.05) is 13.2 Å². The zero-order valence-corrected chi connectivity index (χ0v) is 46.6. The second kappa shape index (κ2) is 58.9. The molecule has 0 spiro atoms. The highest BCUT2D eigenvalue weighted by atomic mass is 16.5. The molecule has 6 nitrogen and oxygen atoms in total. The zero-order valence-electron chi connectivity index (χ0n) is 46.6. The van der Waals surface area contributed by atoms with E-state index in [1.165, 1.54) is 257 Å². The summed E-state index contributed by atoms with van der Waals surface area (Å²) in [6.07, 6.45) is 72.1. The Morgan fingerprint density at radius 2 is 0.754 bits per heavy atom. The van der Waals surface area contributed by atoms with Crippen molar-refractivity contribution in [3.8, 4) is 0 Å².